The van der Waals surface area contributed by atoms with Crippen LogP contribution in [0.1, 0.15) is 16.1 Å². The van der Waals surface area contributed by atoms with Gasteiger partial charge in [0.25, 0.3) is 11.8 Å². The van der Waals surface area contributed by atoms with Crippen LogP contribution in [0.5, 0.6) is 0 Å². The van der Waals surface area contributed by atoms with Crippen LogP contribution in [0.15, 0.2) is 72.9 Å². The standard InChI is InChI=1S/C25H28N6O4/c26-15-22(25(34)31-35)30-24(33)19-6-4-17(5-7-19)18-8-10-21(11-9-18)29-23(32)16-27-14-12-20-3-1-2-13-28-20/h1-11,13,22,27,35H,12,14-16,26H2,(H,29,32)(H,30,33)(H,31,34)/t22-/m0/s1. The van der Waals surface area contributed by atoms with Crippen LogP contribution in [0.4, 0.5) is 5.69 Å². The van der Waals surface area contributed by atoms with E-state index in [9.17, 15) is 14.4 Å². The van der Waals surface area contributed by atoms with Gasteiger partial charge in [0.1, 0.15) is 6.04 Å². The number of nitrogens with zero attached hydrogens (tertiary/aromatic N) is 1. The lowest BCUT2D eigenvalue weighted by Crippen LogP contribution is -2.50. The lowest BCUT2D eigenvalue weighted by atomic mass is 10.0. The van der Waals surface area contributed by atoms with Crippen LogP contribution in [0.2, 0.25) is 0 Å². The van der Waals surface area contributed by atoms with E-state index in [2.05, 4.69) is 20.9 Å². The molecule has 0 radical (unpaired) electrons. The summed E-state index contributed by atoms with van der Waals surface area (Å²) in [6.07, 6.45) is 2.49. The molecule has 2 aromatic carbocycles. The van der Waals surface area contributed by atoms with Gasteiger partial charge in [-0.3, -0.25) is 24.6 Å². The van der Waals surface area contributed by atoms with Gasteiger partial charge in [0, 0.05) is 42.7 Å². The van der Waals surface area contributed by atoms with Gasteiger partial charge in [-0.2, -0.15) is 0 Å². The zero-order valence-corrected chi connectivity index (χ0v) is 19.0. The summed E-state index contributed by atoms with van der Waals surface area (Å²) >= 11 is 0. The average Bonchev–Trinajstić information content (AvgIpc) is 2.90. The lowest BCUT2D eigenvalue weighted by molar-refractivity contribution is -0.130. The molecule has 0 saturated heterocycles. The highest BCUT2D eigenvalue weighted by atomic mass is 16.5. The summed E-state index contributed by atoms with van der Waals surface area (Å²) in [6.45, 7) is 0.697. The number of nitrogens with one attached hydrogen (secondary N) is 4. The Morgan fingerprint density at radius 3 is 2.23 bits per heavy atom. The van der Waals surface area contributed by atoms with Crippen LogP contribution in [-0.4, -0.2) is 53.6 Å². The third kappa shape index (κ3) is 7.71. The molecule has 10 heteroatoms. The normalized spacial score (nSPS) is 11.4. The van der Waals surface area contributed by atoms with Crippen LogP contribution in [0, 0.1) is 0 Å². The van der Waals surface area contributed by atoms with Gasteiger partial charge < -0.3 is 21.7 Å². The second kappa shape index (κ2) is 12.9. The molecule has 0 fully saturated rings. The SMILES string of the molecule is NC[C@H](NC(=O)c1ccc(-c2ccc(NC(=O)CNCCc3ccccn3)cc2)cc1)C(=O)NO. The van der Waals surface area contributed by atoms with Crippen molar-refractivity contribution >= 4 is 23.4 Å². The first-order chi connectivity index (χ1) is 17.0. The Balaban J connectivity index is 1.48. The zero-order chi connectivity index (χ0) is 25.0. The van der Waals surface area contributed by atoms with Crippen molar-refractivity contribution in [1.82, 2.24) is 21.1 Å². The summed E-state index contributed by atoms with van der Waals surface area (Å²) in [6, 6.07) is 18.9. The Morgan fingerprint density at radius 1 is 0.943 bits per heavy atom. The number of nitrogens with two attached hydrogens (primary N) is 1. The number of carbonyl (C=O) groups is 3. The molecule has 7 N–H and O–H groups in total. The van der Waals surface area contributed by atoms with Gasteiger partial charge in [0.15, 0.2) is 0 Å². The van der Waals surface area contributed by atoms with Crippen molar-refractivity contribution in [2.45, 2.75) is 12.5 Å². The van der Waals surface area contributed by atoms with Crippen molar-refractivity contribution in [3.63, 3.8) is 0 Å². The molecule has 0 aliphatic carbocycles. The second-order valence-electron chi connectivity index (χ2n) is 7.69. The van der Waals surface area contributed by atoms with Crippen LogP contribution >= 0.6 is 0 Å². The quantitative estimate of drug-likeness (QED) is 0.137. The molecule has 0 aliphatic rings. The van der Waals surface area contributed by atoms with Crippen molar-refractivity contribution in [2.24, 2.45) is 5.73 Å². The first kappa shape index (κ1) is 25.5. The summed E-state index contributed by atoms with van der Waals surface area (Å²) in [7, 11) is 0. The number of aromatic nitrogens is 1. The van der Waals surface area contributed by atoms with Crippen molar-refractivity contribution in [1.29, 1.82) is 0 Å². The minimum Gasteiger partial charge on any atom is -0.339 e. The first-order valence-corrected chi connectivity index (χ1v) is 11.1. The fraction of sp³-hybridized carbons (Fsp3) is 0.200. The number of benzene rings is 2. The van der Waals surface area contributed by atoms with Crippen molar-refractivity contribution in [2.75, 3.05) is 25.0 Å². The highest BCUT2D eigenvalue weighted by molar-refractivity contribution is 5.98. The maximum Gasteiger partial charge on any atom is 0.267 e. The Bertz CT molecular complexity index is 1120. The number of amides is 3. The predicted molar refractivity (Wildman–Crippen MR) is 132 cm³/mol. The third-order valence-electron chi connectivity index (χ3n) is 5.19. The monoisotopic (exact) mass is 476 g/mol. The van der Waals surface area contributed by atoms with Gasteiger partial charge in [-0.15, -0.1) is 0 Å². The van der Waals surface area contributed by atoms with Crippen LogP contribution in [0.3, 0.4) is 0 Å². The van der Waals surface area contributed by atoms with Crippen LogP contribution in [-0.2, 0) is 16.0 Å². The van der Waals surface area contributed by atoms with E-state index in [1.54, 1.807) is 42.6 Å². The Labute approximate surface area is 202 Å². The average molecular weight is 477 g/mol. The number of carbonyl (C=O) groups excluding carboxylic acids is 3. The number of rotatable bonds is 11. The molecule has 35 heavy (non-hydrogen) atoms. The van der Waals surface area contributed by atoms with E-state index in [4.69, 9.17) is 10.9 Å². The third-order valence-corrected chi connectivity index (χ3v) is 5.19. The van der Waals surface area contributed by atoms with E-state index < -0.39 is 17.9 Å². The maximum atomic E-state index is 12.3. The molecule has 0 spiro atoms. The minimum absolute atomic E-state index is 0.139. The largest absolute Gasteiger partial charge is 0.339 e. The molecule has 10 nitrogen and oxygen atoms in total. The highest BCUT2D eigenvalue weighted by Crippen LogP contribution is 2.22. The Morgan fingerprint density at radius 2 is 1.63 bits per heavy atom. The van der Waals surface area contributed by atoms with Gasteiger partial charge in [-0.05, 0) is 47.5 Å². The smallest absolute Gasteiger partial charge is 0.267 e. The van der Waals surface area contributed by atoms with Crippen molar-refractivity contribution in [3.8, 4) is 11.1 Å². The van der Waals surface area contributed by atoms with E-state index in [-0.39, 0.29) is 19.0 Å². The summed E-state index contributed by atoms with van der Waals surface area (Å²) in [4.78, 5) is 40.2. The molecule has 1 aromatic heterocycles. The van der Waals surface area contributed by atoms with Gasteiger partial charge >= 0.3 is 0 Å². The van der Waals surface area contributed by atoms with E-state index in [1.165, 1.54) is 5.48 Å². The first-order valence-electron chi connectivity index (χ1n) is 11.1. The zero-order valence-electron chi connectivity index (χ0n) is 19.0. The second-order valence-corrected chi connectivity index (χ2v) is 7.69. The number of hydrogen-bond donors (Lipinski definition) is 6. The molecular weight excluding hydrogens is 448 g/mol. The Kier molecular flexibility index (Phi) is 9.43. The van der Waals surface area contributed by atoms with Gasteiger partial charge in [-0.25, -0.2) is 5.48 Å². The number of anilines is 1. The molecule has 3 aromatic rings. The molecule has 3 rings (SSSR count). The van der Waals surface area contributed by atoms with Crippen molar-refractivity contribution in [3.05, 3.63) is 84.2 Å². The molecule has 0 aliphatic heterocycles. The number of hydroxylamine groups is 1. The fourth-order valence-corrected chi connectivity index (χ4v) is 3.28. The maximum absolute atomic E-state index is 12.3. The van der Waals surface area contributed by atoms with Gasteiger partial charge in [0.05, 0.1) is 6.54 Å². The molecule has 0 saturated carbocycles. The molecule has 0 unspecified atom stereocenters. The van der Waals surface area contributed by atoms with Crippen LogP contribution in [0.25, 0.3) is 11.1 Å². The fourth-order valence-electron chi connectivity index (χ4n) is 3.28. The molecule has 3 amide bonds. The van der Waals surface area contributed by atoms with Gasteiger partial charge in [0.2, 0.25) is 5.91 Å². The highest BCUT2D eigenvalue weighted by Gasteiger charge is 2.19. The molecule has 1 heterocycles. The molecule has 1 atom stereocenters. The topological polar surface area (TPSA) is 158 Å². The van der Waals surface area contributed by atoms with Crippen molar-refractivity contribution < 1.29 is 19.6 Å². The van der Waals surface area contributed by atoms with E-state index in [0.717, 1.165) is 23.2 Å². The summed E-state index contributed by atoms with van der Waals surface area (Å²) in [5, 5.41) is 17.1. The summed E-state index contributed by atoms with van der Waals surface area (Å²) in [5.74, 6) is -1.41. The lowest BCUT2D eigenvalue weighted by Gasteiger charge is -2.14. The Hall–Kier alpha value is -4.12. The number of hydrogen-bond acceptors (Lipinski definition) is 7. The summed E-state index contributed by atoms with van der Waals surface area (Å²) < 4.78 is 0. The molecule has 182 valence electrons. The molecule has 0 bridgehead atoms. The predicted octanol–water partition coefficient (Wildman–Crippen LogP) is 1.08. The molecular formula is C25H28N6O4. The van der Waals surface area contributed by atoms with Gasteiger partial charge in [-0.1, -0.05) is 30.3 Å². The minimum atomic E-state index is -1.04. The van der Waals surface area contributed by atoms with E-state index in [0.29, 0.717) is 17.8 Å². The van der Waals surface area contributed by atoms with E-state index in [1.807, 2.05) is 30.3 Å². The summed E-state index contributed by atoms with van der Waals surface area (Å²) in [5.41, 5.74) is 10.7. The van der Waals surface area contributed by atoms with Crippen LogP contribution < -0.4 is 27.2 Å². The van der Waals surface area contributed by atoms with E-state index >= 15 is 0 Å². The number of pyridine rings is 1.